The van der Waals surface area contributed by atoms with E-state index in [-0.39, 0.29) is 23.6 Å². The van der Waals surface area contributed by atoms with Crippen molar-refractivity contribution in [3.05, 3.63) is 30.3 Å². The van der Waals surface area contributed by atoms with Crippen molar-refractivity contribution in [2.75, 3.05) is 11.1 Å². The lowest BCUT2D eigenvalue weighted by atomic mass is 10.0. The summed E-state index contributed by atoms with van der Waals surface area (Å²) in [6.07, 6.45) is 4.74. The Morgan fingerprint density at radius 1 is 1.19 bits per heavy atom. The van der Waals surface area contributed by atoms with Gasteiger partial charge in [0, 0.05) is 12.1 Å². The van der Waals surface area contributed by atoms with Crippen LogP contribution in [0.2, 0.25) is 0 Å². The first-order chi connectivity index (χ1) is 13.1. The van der Waals surface area contributed by atoms with E-state index in [1.54, 1.807) is 0 Å². The number of piperidine rings is 1. The van der Waals surface area contributed by atoms with Crippen LogP contribution >= 0.6 is 12.6 Å². The normalized spacial score (nSPS) is 24.3. The topological polar surface area (TPSA) is 87.3 Å². The Labute approximate surface area is 165 Å². The van der Waals surface area contributed by atoms with Crippen LogP contribution in [0.3, 0.4) is 0 Å². The second kappa shape index (κ2) is 9.26. The number of carbonyl (C=O) groups is 3. The molecule has 1 aromatic rings. The van der Waals surface area contributed by atoms with E-state index in [9.17, 15) is 14.4 Å². The van der Waals surface area contributed by atoms with Gasteiger partial charge in [-0.05, 0) is 49.0 Å². The van der Waals surface area contributed by atoms with E-state index in [0.29, 0.717) is 24.4 Å². The molecule has 1 saturated carbocycles. The van der Waals surface area contributed by atoms with E-state index < -0.39 is 12.1 Å². The number of rotatable bonds is 9. The van der Waals surface area contributed by atoms with Crippen molar-refractivity contribution < 1.29 is 14.4 Å². The second-order valence-corrected chi connectivity index (χ2v) is 7.85. The molecule has 1 aromatic carbocycles. The molecule has 0 spiro atoms. The summed E-state index contributed by atoms with van der Waals surface area (Å²) in [6.45, 7) is 0. The van der Waals surface area contributed by atoms with E-state index in [1.807, 2.05) is 30.3 Å². The van der Waals surface area contributed by atoms with Gasteiger partial charge in [-0.2, -0.15) is 12.6 Å². The van der Waals surface area contributed by atoms with Gasteiger partial charge in [0.1, 0.15) is 12.1 Å². The van der Waals surface area contributed by atoms with Crippen LogP contribution < -0.4 is 16.0 Å². The Bertz CT molecular complexity index is 682. The van der Waals surface area contributed by atoms with Crippen molar-refractivity contribution in [1.82, 2.24) is 10.6 Å². The first-order valence-corrected chi connectivity index (χ1v) is 10.3. The van der Waals surface area contributed by atoms with Gasteiger partial charge in [0.2, 0.25) is 17.7 Å². The minimum atomic E-state index is -0.617. The summed E-state index contributed by atoms with van der Waals surface area (Å²) in [7, 11) is 0. The highest BCUT2D eigenvalue weighted by Gasteiger charge is 2.51. The number of carbonyl (C=O) groups excluding carboxylic acids is 3. The van der Waals surface area contributed by atoms with Crippen LogP contribution in [-0.4, -0.2) is 35.6 Å². The molecule has 7 heteroatoms. The van der Waals surface area contributed by atoms with Gasteiger partial charge in [-0.1, -0.05) is 31.0 Å². The molecule has 4 atom stereocenters. The zero-order valence-electron chi connectivity index (χ0n) is 15.3. The van der Waals surface area contributed by atoms with Crippen molar-refractivity contribution in [1.29, 1.82) is 0 Å². The van der Waals surface area contributed by atoms with Crippen molar-refractivity contribution in [2.45, 2.75) is 50.6 Å². The van der Waals surface area contributed by atoms with Gasteiger partial charge in [-0.25, -0.2) is 0 Å². The fourth-order valence-electron chi connectivity index (χ4n) is 3.67. The Morgan fingerprint density at radius 3 is 2.70 bits per heavy atom. The molecule has 3 amide bonds. The molecule has 27 heavy (non-hydrogen) atoms. The summed E-state index contributed by atoms with van der Waals surface area (Å²) in [5.41, 5.74) is 0.699. The van der Waals surface area contributed by atoms with Crippen LogP contribution in [0.25, 0.3) is 0 Å². The Hall–Kier alpha value is -2.02. The summed E-state index contributed by atoms with van der Waals surface area (Å²) < 4.78 is 0. The number of benzene rings is 1. The fraction of sp³-hybridized carbons (Fsp3) is 0.550. The summed E-state index contributed by atoms with van der Waals surface area (Å²) in [6, 6.07) is 8.07. The van der Waals surface area contributed by atoms with E-state index in [0.717, 1.165) is 31.4 Å². The summed E-state index contributed by atoms with van der Waals surface area (Å²) in [5, 5.41) is 8.53. The smallest absolute Gasteiger partial charge is 0.246 e. The zero-order valence-corrected chi connectivity index (χ0v) is 16.2. The SMILES string of the molecule is O=C1CC2C[C@@H]2C(C(=O)N[C@@H](CCCCCS)C(=O)Nc2ccccc2)N1. The van der Waals surface area contributed by atoms with E-state index in [4.69, 9.17) is 0 Å². The predicted molar refractivity (Wildman–Crippen MR) is 107 cm³/mol. The molecular formula is C20H27N3O3S. The number of nitrogens with one attached hydrogen (secondary N) is 3. The lowest BCUT2D eigenvalue weighted by molar-refractivity contribution is -0.133. The first kappa shape index (κ1) is 19.7. The van der Waals surface area contributed by atoms with Gasteiger partial charge in [-0.15, -0.1) is 0 Å². The van der Waals surface area contributed by atoms with Crippen molar-refractivity contribution >= 4 is 36.0 Å². The quantitative estimate of drug-likeness (QED) is 0.385. The van der Waals surface area contributed by atoms with Gasteiger partial charge in [0.05, 0.1) is 0 Å². The largest absolute Gasteiger partial charge is 0.344 e. The standard InChI is InChI=1S/C20H27N3O3S/c24-17-12-13-11-15(13)18(23-17)20(26)22-16(9-5-2-6-10-27)19(25)21-14-7-3-1-4-8-14/h1,3-4,7-8,13,15-16,18,27H,2,5-6,9-12H2,(H,21,25)(H,22,26)(H,23,24)/t13?,15-,16-,18?/m0/s1. The number of hydrogen-bond donors (Lipinski definition) is 4. The maximum Gasteiger partial charge on any atom is 0.246 e. The van der Waals surface area contributed by atoms with Crippen molar-refractivity contribution in [3.63, 3.8) is 0 Å². The van der Waals surface area contributed by atoms with Crippen LogP contribution in [0.1, 0.15) is 38.5 Å². The number of amides is 3. The lowest BCUT2D eigenvalue weighted by Gasteiger charge is -2.25. The molecule has 2 unspecified atom stereocenters. The summed E-state index contributed by atoms with van der Waals surface area (Å²) in [5.74, 6) is 0.789. The predicted octanol–water partition coefficient (Wildman–Crippen LogP) is 2.12. The molecule has 0 radical (unpaired) electrons. The molecule has 0 aromatic heterocycles. The summed E-state index contributed by atoms with van der Waals surface area (Å²) in [4.78, 5) is 37.2. The minimum Gasteiger partial charge on any atom is -0.344 e. The molecule has 2 fully saturated rings. The molecule has 0 bridgehead atoms. The van der Waals surface area contributed by atoms with Crippen molar-refractivity contribution in [3.8, 4) is 0 Å². The molecular weight excluding hydrogens is 362 g/mol. The van der Waals surface area contributed by atoms with Gasteiger partial charge >= 0.3 is 0 Å². The maximum absolute atomic E-state index is 12.7. The highest BCUT2D eigenvalue weighted by molar-refractivity contribution is 7.80. The summed E-state index contributed by atoms with van der Waals surface area (Å²) >= 11 is 4.21. The van der Waals surface area contributed by atoms with Crippen LogP contribution in [0.4, 0.5) is 5.69 Å². The molecule has 3 rings (SSSR count). The van der Waals surface area contributed by atoms with Gasteiger partial charge in [0.25, 0.3) is 0 Å². The third kappa shape index (κ3) is 5.48. The molecule has 146 valence electrons. The molecule has 3 N–H and O–H groups in total. The van der Waals surface area contributed by atoms with Crippen LogP contribution in [0.5, 0.6) is 0 Å². The minimum absolute atomic E-state index is 0.0760. The van der Waals surface area contributed by atoms with Crippen LogP contribution in [-0.2, 0) is 14.4 Å². The number of fused-ring (bicyclic) bond motifs is 1. The number of anilines is 1. The number of para-hydroxylation sites is 1. The molecule has 1 aliphatic heterocycles. The van der Waals surface area contributed by atoms with Gasteiger partial charge in [0.15, 0.2) is 0 Å². The van der Waals surface area contributed by atoms with Gasteiger partial charge < -0.3 is 16.0 Å². The van der Waals surface area contributed by atoms with E-state index in [2.05, 4.69) is 28.6 Å². The molecule has 6 nitrogen and oxygen atoms in total. The lowest BCUT2D eigenvalue weighted by Crippen LogP contribution is -2.55. The third-order valence-corrected chi connectivity index (χ3v) is 5.59. The zero-order chi connectivity index (χ0) is 19.2. The second-order valence-electron chi connectivity index (χ2n) is 7.40. The van der Waals surface area contributed by atoms with E-state index >= 15 is 0 Å². The first-order valence-electron chi connectivity index (χ1n) is 9.65. The molecule has 2 aliphatic rings. The average Bonchev–Trinajstić information content (AvgIpc) is 3.43. The number of thiol groups is 1. The fourth-order valence-corrected chi connectivity index (χ4v) is 3.89. The molecule has 1 heterocycles. The van der Waals surface area contributed by atoms with Gasteiger partial charge in [-0.3, -0.25) is 14.4 Å². The van der Waals surface area contributed by atoms with Crippen LogP contribution in [0, 0.1) is 11.8 Å². The van der Waals surface area contributed by atoms with Crippen LogP contribution in [0.15, 0.2) is 30.3 Å². The number of unbranched alkanes of at least 4 members (excludes halogenated alkanes) is 2. The Kier molecular flexibility index (Phi) is 6.77. The Morgan fingerprint density at radius 2 is 1.96 bits per heavy atom. The monoisotopic (exact) mass is 389 g/mol. The van der Waals surface area contributed by atoms with E-state index in [1.165, 1.54) is 0 Å². The molecule has 1 saturated heterocycles. The van der Waals surface area contributed by atoms with Crippen molar-refractivity contribution in [2.24, 2.45) is 11.8 Å². The average molecular weight is 390 g/mol. The molecule has 1 aliphatic carbocycles. The Balaban J connectivity index is 1.60. The third-order valence-electron chi connectivity index (χ3n) is 5.28. The number of hydrogen-bond acceptors (Lipinski definition) is 4. The maximum atomic E-state index is 12.7. The highest BCUT2D eigenvalue weighted by atomic mass is 32.1. The highest BCUT2D eigenvalue weighted by Crippen LogP contribution is 2.46.